The minimum absolute atomic E-state index is 0.0258. The summed E-state index contributed by atoms with van der Waals surface area (Å²) in [6, 6.07) is 8.78. The van der Waals surface area contributed by atoms with Gasteiger partial charge >= 0.3 is 12.3 Å². The van der Waals surface area contributed by atoms with E-state index in [0.29, 0.717) is 18.6 Å². The predicted octanol–water partition coefficient (Wildman–Crippen LogP) is 11.3. The zero-order valence-electron chi connectivity index (χ0n) is 23.3. The minimum Gasteiger partial charge on any atom is -0.429 e. The van der Waals surface area contributed by atoms with Gasteiger partial charge in [-0.1, -0.05) is 44.0 Å². The van der Waals surface area contributed by atoms with Crippen LogP contribution >= 0.6 is 0 Å². The zero-order chi connectivity index (χ0) is 33.1. The lowest BCUT2D eigenvalue weighted by atomic mass is 9.96. The molecule has 0 heterocycles. The lowest BCUT2D eigenvalue weighted by molar-refractivity contribution is -0.189. The van der Waals surface area contributed by atoms with E-state index in [1.165, 1.54) is 18.2 Å². The van der Waals surface area contributed by atoms with Crippen LogP contribution in [0.4, 0.5) is 48.3 Å². The summed E-state index contributed by atoms with van der Waals surface area (Å²) in [5.41, 5.74) is -3.16. The molecular weight excluding hydrogens is 621 g/mol. The van der Waals surface area contributed by atoms with Crippen LogP contribution in [-0.2, 0) is 12.5 Å². The maximum Gasteiger partial charge on any atom is 0.432 e. The molecule has 4 rings (SSSR count). The fraction of sp³-hybridized carbons (Fsp3) is 0.212. The summed E-state index contributed by atoms with van der Waals surface area (Å²) in [5.74, 6) is -10.2. The number of halogens is 11. The van der Waals surface area contributed by atoms with E-state index in [2.05, 4.69) is 4.74 Å². The van der Waals surface area contributed by atoms with E-state index in [-0.39, 0.29) is 29.3 Å². The molecule has 12 heteroatoms. The molecule has 4 aromatic carbocycles. The fourth-order valence-corrected chi connectivity index (χ4v) is 4.61. The Morgan fingerprint density at radius 1 is 0.622 bits per heavy atom. The highest BCUT2D eigenvalue weighted by atomic mass is 19.4. The van der Waals surface area contributed by atoms with Gasteiger partial charge in [0.05, 0.1) is 0 Å². The van der Waals surface area contributed by atoms with Crippen LogP contribution in [0.3, 0.4) is 0 Å². The number of alkyl halides is 5. The summed E-state index contributed by atoms with van der Waals surface area (Å²) >= 11 is 0. The van der Waals surface area contributed by atoms with E-state index >= 15 is 4.39 Å². The summed E-state index contributed by atoms with van der Waals surface area (Å²) < 4.78 is 159. The molecular formula is C33H23F11O. The second-order valence-electron chi connectivity index (χ2n) is 10.1. The standard InChI is InChI=1S/C33H23F11O/c1-2-3-4-5-18-6-8-22(25(34)12-18)19-7-9-23(26(35)13-19)20-14-29(38)31(30(39)15-20)33(43,44)45-21-16-27(36)24(28(37)17-21)10-11-32(40,41)42/h6-17H,2-5H2,1H3/b11-10+. The van der Waals surface area contributed by atoms with Gasteiger partial charge in [0.2, 0.25) is 0 Å². The van der Waals surface area contributed by atoms with Crippen molar-refractivity contribution in [1.82, 2.24) is 0 Å². The van der Waals surface area contributed by atoms with E-state index in [0.717, 1.165) is 37.0 Å². The largest absolute Gasteiger partial charge is 0.432 e. The third-order valence-corrected chi connectivity index (χ3v) is 6.76. The van der Waals surface area contributed by atoms with Gasteiger partial charge in [0.15, 0.2) is 0 Å². The van der Waals surface area contributed by atoms with Gasteiger partial charge in [-0.3, -0.25) is 0 Å². The van der Waals surface area contributed by atoms with Crippen LogP contribution in [0.5, 0.6) is 5.75 Å². The third kappa shape index (κ3) is 8.03. The van der Waals surface area contributed by atoms with Crippen LogP contribution in [0, 0.1) is 34.9 Å². The monoisotopic (exact) mass is 644 g/mol. The zero-order valence-corrected chi connectivity index (χ0v) is 23.3. The molecule has 0 radical (unpaired) electrons. The highest BCUT2D eigenvalue weighted by Crippen LogP contribution is 2.39. The van der Waals surface area contributed by atoms with Crippen molar-refractivity contribution in [2.75, 3.05) is 0 Å². The number of benzene rings is 4. The lowest BCUT2D eigenvalue weighted by Gasteiger charge is -2.20. The summed E-state index contributed by atoms with van der Waals surface area (Å²) in [6.07, 6.45) is -6.76. The van der Waals surface area contributed by atoms with Crippen molar-refractivity contribution < 1.29 is 53.0 Å². The molecule has 0 aromatic heterocycles. The Balaban J connectivity index is 1.59. The van der Waals surface area contributed by atoms with E-state index in [4.69, 9.17) is 0 Å². The average molecular weight is 645 g/mol. The number of rotatable bonds is 10. The summed E-state index contributed by atoms with van der Waals surface area (Å²) in [7, 11) is 0. The molecule has 0 bridgehead atoms. The minimum atomic E-state index is -4.93. The van der Waals surface area contributed by atoms with E-state index in [9.17, 15) is 43.9 Å². The SMILES string of the molecule is CCCCCc1ccc(-c2ccc(-c3cc(F)c(C(F)(F)Oc4cc(F)c(/C=C/C(F)(F)F)c(F)c4)c(F)c3)c(F)c2)c(F)c1. The maximum atomic E-state index is 15.1. The first-order chi connectivity index (χ1) is 21.1. The first-order valence-electron chi connectivity index (χ1n) is 13.5. The van der Waals surface area contributed by atoms with Crippen LogP contribution in [0.2, 0.25) is 0 Å². The van der Waals surface area contributed by atoms with Crippen molar-refractivity contribution in [3.8, 4) is 28.0 Å². The number of aryl methyl sites for hydroxylation is 1. The molecule has 0 atom stereocenters. The molecule has 0 amide bonds. The average Bonchev–Trinajstić information content (AvgIpc) is 2.91. The van der Waals surface area contributed by atoms with Gasteiger partial charge in [0, 0.05) is 34.9 Å². The molecule has 238 valence electrons. The van der Waals surface area contributed by atoms with Crippen molar-refractivity contribution in [3.63, 3.8) is 0 Å². The molecule has 4 aromatic rings. The number of hydrogen-bond acceptors (Lipinski definition) is 1. The molecule has 0 aliphatic rings. The lowest BCUT2D eigenvalue weighted by Crippen LogP contribution is -2.25. The van der Waals surface area contributed by atoms with Gasteiger partial charge < -0.3 is 4.74 Å². The van der Waals surface area contributed by atoms with E-state index < -0.39 is 81.3 Å². The van der Waals surface area contributed by atoms with Gasteiger partial charge in [-0.25, -0.2) is 26.3 Å². The third-order valence-electron chi connectivity index (χ3n) is 6.76. The molecule has 0 spiro atoms. The Kier molecular flexibility index (Phi) is 9.94. The summed E-state index contributed by atoms with van der Waals surface area (Å²) in [4.78, 5) is 0. The molecule has 0 N–H and O–H groups in total. The van der Waals surface area contributed by atoms with Gasteiger partial charge in [-0.15, -0.1) is 0 Å². The van der Waals surface area contributed by atoms with Crippen molar-refractivity contribution >= 4 is 6.08 Å². The number of unbranched alkanes of at least 4 members (excludes halogenated alkanes) is 2. The topological polar surface area (TPSA) is 9.23 Å². The van der Waals surface area contributed by atoms with Crippen LogP contribution in [-0.4, -0.2) is 6.18 Å². The molecule has 1 nitrogen and oxygen atoms in total. The molecule has 0 aliphatic heterocycles. The fourth-order valence-electron chi connectivity index (χ4n) is 4.61. The Morgan fingerprint density at radius 3 is 1.73 bits per heavy atom. The first kappa shape index (κ1) is 33.5. The smallest absolute Gasteiger partial charge is 0.429 e. The number of hydrogen-bond donors (Lipinski definition) is 0. The van der Waals surface area contributed by atoms with Crippen LogP contribution in [0.25, 0.3) is 28.3 Å². The normalized spacial score (nSPS) is 12.3. The molecule has 0 unspecified atom stereocenters. The maximum absolute atomic E-state index is 15.1. The van der Waals surface area contributed by atoms with Gasteiger partial charge in [-0.2, -0.15) is 22.0 Å². The Hall–Kier alpha value is -4.35. The van der Waals surface area contributed by atoms with Crippen molar-refractivity contribution in [2.45, 2.75) is 44.9 Å². The molecule has 0 saturated heterocycles. The van der Waals surface area contributed by atoms with Crippen LogP contribution < -0.4 is 4.74 Å². The molecule has 0 saturated carbocycles. The highest BCUT2D eigenvalue weighted by Gasteiger charge is 2.41. The Labute approximate surface area is 250 Å². The van der Waals surface area contributed by atoms with Crippen LogP contribution in [0.15, 0.2) is 66.7 Å². The Bertz CT molecular complexity index is 1680. The van der Waals surface area contributed by atoms with Crippen LogP contribution in [0.1, 0.15) is 42.9 Å². The van der Waals surface area contributed by atoms with Gasteiger partial charge in [-0.05, 0) is 59.9 Å². The summed E-state index contributed by atoms with van der Waals surface area (Å²) in [6.45, 7) is 2.03. The van der Waals surface area contributed by atoms with E-state index in [1.807, 2.05) is 6.92 Å². The predicted molar refractivity (Wildman–Crippen MR) is 146 cm³/mol. The quantitative estimate of drug-likeness (QED) is 0.123. The van der Waals surface area contributed by atoms with Gasteiger partial charge in [0.1, 0.15) is 46.2 Å². The molecule has 0 aliphatic carbocycles. The van der Waals surface area contributed by atoms with Crippen molar-refractivity contribution in [1.29, 1.82) is 0 Å². The second kappa shape index (κ2) is 13.3. The van der Waals surface area contributed by atoms with Crippen molar-refractivity contribution in [3.05, 3.63) is 118 Å². The summed E-state index contributed by atoms with van der Waals surface area (Å²) in [5, 5.41) is 0. The first-order valence-corrected chi connectivity index (χ1v) is 13.5. The Morgan fingerprint density at radius 2 is 1.18 bits per heavy atom. The van der Waals surface area contributed by atoms with E-state index in [1.54, 1.807) is 6.07 Å². The number of allylic oxidation sites excluding steroid dienone is 1. The highest BCUT2D eigenvalue weighted by molar-refractivity contribution is 5.72. The number of ether oxygens (including phenoxy) is 1. The second-order valence-corrected chi connectivity index (χ2v) is 10.1. The molecule has 0 fully saturated rings. The van der Waals surface area contributed by atoms with Gasteiger partial charge in [0.25, 0.3) is 0 Å². The van der Waals surface area contributed by atoms with Crippen molar-refractivity contribution in [2.24, 2.45) is 0 Å². The molecule has 45 heavy (non-hydrogen) atoms.